The first kappa shape index (κ1) is 26.0. The molecule has 192 valence electrons. The molecule has 4 rings (SSSR count). The first-order chi connectivity index (χ1) is 17.0. The minimum Gasteiger partial charge on any atom is -0.322 e. The number of imide groups is 1. The molecule has 0 spiro atoms. The first-order valence-corrected chi connectivity index (χ1v) is 14.5. The van der Waals surface area contributed by atoms with Gasteiger partial charge < -0.3 is 4.90 Å². The monoisotopic (exact) mass is 534 g/mol. The molecule has 0 aliphatic carbocycles. The molecule has 2 aromatic carbocycles. The van der Waals surface area contributed by atoms with Crippen LogP contribution >= 0.6 is 0 Å². The highest BCUT2D eigenvalue weighted by Crippen LogP contribution is 2.32. The molecule has 0 saturated carbocycles. The molecule has 0 bridgehead atoms. The van der Waals surface area contributed by atoms with Gasteiger partial charge in [0.15, 0.2) is 9.84 Å². The van der Waals surface area contributed by atoms with Crippen molar-refractivity contribution in [3.05, 3.63) is 59.2 Å². The molecule has 2 heterocycles. The van der Waals surface area contributed by atoms with E-state index in [1.54, 1.807) is 12.1 Å². The standard InChI is InChI=1S/C24H26N2O8S2/c1-16-7-9-17(10-8-16)36(32,33)34-13-2-3-14-35(30,31)21-6-4-5-18-19(21)15-26(24(18)29)20-11-12-22(27)25-23(20)28/h4-10,20H,2-3,11-15H2,1H3,(H,25,27,28). The van der Waals surface area contributed by atoms with Crippen LogP contribution < -0.4 is 5.32 Å². The predicted octanol–water partition coefficient (Wildman–Crippen LogP) is 1.72. The Morgan fingerprint density at radius 1 is 1.00 bits per heavy atom. The molecule has 1 fully saturated rings. The van der Waals surface area contributed by atoms with E-state index in [-0.39, 0.29) is 59.9 Å². The summed E-state index contributed by atoms with van der Waals surface area (Å²) in [5.74, 6) is -1.69. The average molecular weight is 535 g/mol. The number of fused-ring (bicyclic) bond motifs is 1. The van der Waals surface area contributed by atoms with E-state index in [2.05, 4.69) is 5.32 Å². The second kappa shape index (κ2) is 10.1. The van der Waals surface area contributed by atoms with Crippen LogP contribution in [-0.2, 0) is 40.3 Å². The van der Waals surface area contributed by atoms with Crippen LogP contribution in [0.15, 0.2) is 52.3 Å². The molecule has 1 atom stereocenters. The molecular weight excluding hydrogens is 508 g/mol. The quantitative estimate of drug-likeness (QED) is 0.291. The number of carbonyl (C=O) groups excluding carboxylic acids is 3. The summed E-state index contributed by atoms with van der Waals surface area (Å²) in [5, 5.41) is 2.22. The maximum absolute atomic E-state index is 13.1. The lowest BCUT2D eigenvalue weighted by Crippen LogP contribution is -2.52. The van der Waals surface area contributed by atoms with Gasteiger partial charge in [-0.25, -0.2) is 8.42 Å². The molecular formula is C24H26N2O8S2. The van der Waals surface area contributed by atoms with E-state index in [1.165, 1.54) is 35.2 Å². The number of carbonyl (C=O) groups is 3. The number of nitrogens with one attached hydrogen (secondary N) is 1. The topological polar surface area (TPSA) is 144 Å². The minimum absolute atomic E-state index is 0.0105. The maximum atomic E-state index is 13.1. The summed E-state index contributed by atoms with van der Waals surface area (Å²) >= 11 is 0. The Bertz CT molecular complexity index is 1420. The fourth-order valence-corrected chi connectivity index (χ4v) is 6.88. The van der Waals surface area contributed by atoms with E-state index in [0.717, 1.165) is 5.56 Å². The summed E-state index contributed by atoms with van der Waals surface area (Å²) in [5.41, 5.74) is 1.45. The van der Waals surface area contributed by atoms with Crippen molar-refractivity contribution in [3.8, 4) is 0 Å². The predicted molar refractivity (Wildman–Crippen MR) is 128 cm³/mol. The highest BCUT2D eigenvalue weighted by atomic mass is 32.2. The number of hydrogen-bond acceptors (Lipinski definition) is 8. The van der Waals surface area contributed by atoms with E-state index in [1.807, 2.05) is 6.92 Å². The zero-order valence-corrected chi connectivity index (χ0v) is 21.2. The van der Waals surface area contributed by atoms with Crippen LogP contribution in [0, 0.1) is 6.92 Å². The Hall–Kier alpha value is -3.09. The van der Waals surface area contributed by atoms with E-state index in [4.69, 9.17) is 4.18 Å². The molecule has 2 aliphatic heterocycles. The number of amides is 3. The second-order valence-corrected chi connectivity index (χ2v) is 12.5. The first-order valence-electron chi connectivity index (χ1n) is 11.4. The molecule has 1 unspecified atom stereocenters. The van der Waals surface area contributed by atoms with E-state index in [0.29, 0.717) is 5.56 Å². The molecule has 0 radical (unpaired) electrons. The number of piperidine rings is 1. The Balaban J connectivity index is 1.38. The van der Waals surface area contributed by atoms with Gasteiger partial charge >= 0.3 is 0 Å². The number of nitrogens with zero attached hydrogens (tertiary/aromatic N) is 1. The molecule has 1 saturated heterocycles. The molecule has 1 N–H and O–H groups in total. The highest BCUT2D eigenvalue weighted by Gasteiger charge is 2.41. The average Bonchev–Trinajstić information content (AvgIpc) is 3.15. The van der Waals surface area contributed by atoms with Gasteiger partial charge in [0.2, 0.25) is 11.8 Å². The lowest BCUT2D eigenvalue weighted by atomic mass is 10.0. The molecule has 3 amide bonds. The van der Waals surface area contributed by atoms with E-state index >= 15 is 0 Å². The normalized spacial score (nSPS) is 18.3. The van der Waals surface area contributed by atoms with Crippen LogP contribution in [0.2, 0.25) is 0 Å². The third-order valence-electron chi connectivity index (χ3n) is 6.23. The summed E-state index contributed by atoms with van der Waals surface area (Å²) in [4.78, 5) is 38.0. The zero-order valence-electron chi connectivity index (χ0n) is 19.6. The highest BCUT2D eigenvalue weighted by molar-refractivity contribution is 7.91. The van der Waals surface area contributed by atoms with Crippen molar-refractivity contribution in [2.24, 2.45) is 0 Å². The van der Waals surface area contributed by atoms with Crippen molar-refractivity contribution in [3.63, 3.8) is 0 Å². The molecule has 12 heteroatoms. The van der Waals surface area contributed by atoms with Crippen molar-refractivity contribution >= 4 is 37.7 Å². The molecule has 36 heavy (non-hydrogen) atoms. The fraction of sp³-hybridized carbons (Fsp3) is 0.375. The van der Waals surface area contributed by atoms with Crippen LogP contribution in [-0.4, -0.2) is 57.9 Å². The van der Waals surface area contributed by atoms with Gasteiger partial charge in [-0.15, -0.1) is 0 Å². The summed E-state index contributed by atoms with van der Waals surface area (Å²) in [7, 11) is -7.73. The van der Waals surface area contributed by atoms with Crippen LogP contribution in [0.5, 0.6) is 0 Å². The summed E-state index contributed by atoms with van der Waals surface area (Å²) in [6.45, 7) is 1.62. The minimum atomic E-state index is -3.93. The van der Waals surface area contributed by atoms with Gasteiger partial charge in [-0.2, -0.15) is 8.42 Å². The van der Waals surface area contributed by atoms with Crippen molar-refractivity contribution in [1.82, 2.24) is 10.2 Å². The smallest absolute Gasteiger partial charge is 0.296 e. The van der Waals surface area contributed by atoms with Crippen molar-refractivity contribution in [2.45, 2.75) is 55.0 Å². The zero-order chi connectivity index (χ0) is 26.1. The number of benzene rings is 2. The van der Waals surface area contributed by atoms with Gasteiger partial charge in [-0.1, -0.05) is 23.8 Å². The Kier molecular flexibility index (Phi) is 7.30. The Morgan fingerprint density at radius 2 is 1.72 bits per heavy atom. The van der Waals surface area contributed by atoms with Crippen LogP contribution in [0.25, 0.3) is 0 Å². The fourth-order valence-electron chi connectivity index (χ4n) is 4.29. The van der Waals surface area contributed by atoms with Gasteiger partial charge in [-0.3, -0.25) is 23.9 Å². The molecule has 0 aromatic heterocycles. The van der Waals surface area contributed by atoms with Gasteiger partial charge in [-0.05, 0) is 50.5 Å². The van der Waals surface area contributed by atoms with E-state index in [9.17, 15) is 31.2 Å². The number of rotatable bonds is 9. The molecule has 2 aromatic rings. The third-order valence-corrected chi connectivity index (χ3v) is 9.43. The second-order valence-electron chi connectivity index (χ2n) is 8.80. The van der Waals surface area contributed by atoms with Gasteiger partial charge in [0, 0.05) is 24.1 Å². The maximum Gasteiger partial charge on any atom is 0.296 e. The summed E-state index contributed by atoms with van der Waals surface area (Å²) in [6.07, 6.45) is 0.627. The van der Waals surface area contributed by atoms with Gasteiger partial charge in [0.25, 0.3) is 16.0 Å². The third kappa shape index (κ3) is 5.35. The molecule has 2 aliphatic rings. The van der Waals surface area contributed by atoms with Crippen LogP contribution in [0.3, 0.4) is 0 Å². The largest absolute Gasteiger partial charge is 0.322 e. The van der Waals surface area contributed by atoms with Gasteiger partial charge in [0.05, 0.1) is 22.2 Å². The van der Waals surface area contributed by atoms with Crippen molar-refractivity contribution in [2.75, 3.05) is 12.4 Å². The van der Waals surface area contributed by atoms with E-state index < -0.39 is 43.7 Å². The SMILES string of the molecule is Cc1ccc(S(=O)(=O)OCCCCS(=O)(=O)c2cccc3c2CN(C2CCC(=O)NC2=O)C3=O)cc1. The number of sulfone groups is 1. The Labute approximate surface area is 209 Å². The Morgan fingerprint density at radius 3 is 2.42 bits per heavy atom. The van der Waals surface area contributed by atoms with Crippen molar-refractivity contribution in [1.29, 1.82) is 0 Å². The van der Waals surface area contributed by atoms with Crippen LogP contribution in [0.1, 0.15) is 47.2 Å². The number of aryl methyl sites for hydroxylation is 1. The lowest BCUT2D eigenvalue weighted by molar-refractivity contribution is -0.136. The summed E-state index contributed by atoms with van der Waals surface area (Å²) < 4.78 is 55.7. The lowest BCUT2D eigenvalue weighted by Gasteiger charge is -2.29. The van der Waals surface area contributed by atoms with Crippen LogP contribution in [0.4, 0.5) is 0 Å². The number of unbranched alkanes of at least 4 members (excludes halogenated alkanes) is 1. The summed E-state index contributed by atoms with van der Waals surface area (Å²) in [6, 6.07) is 9.80. The van der Waals surface area contributed by atoms with Gasteiger partial charge in [0.1, 0.15) is 6.04 Å². The van der Waals surface area contributed by atoms with Crippen molar-refractivity contribution < 1.29 is 35.4 Å². The molecule has 10 nitrogen and oxygen atoms in total. The number of hydrogen-bond donors (Lipinski definition) is 1.